The fraction of sp³-hybridized carbons (Fsp3) is 0.400. The van der Waals surface area contributed by atoms with Gasteiger partial charge in [0.2, 0.25) is 0 Å². The van der Waals surface area contributed by atoms with Gasteiger partial charge in [0.15, 0.2) is 11.6 Å². The molecule has 2 N–H and O–H groups in total. The summed E-state index contributed by atoms with van der Waals surface area (Å²) in [6.07, 6.45) is 1.63. The second-order valence-electron chi connectivity index (χ2n) is 3.25. The van der Waals surface area contributed by atoms with Gasteiger partial charge in [0, 0.05) is 12.0 Å². The Hall–Kier alpha value is -1.09. The zero-order valence-electron chi connectivity index (χ0n) is 7.29. The third-order valence-electron chi connectivity index (χ3n) is 2.27. The van der Waals surface area contributed by atoms with Gasteiger partial charge in [0.25, 0.3) is 0 Å². The third kappa shape index (κ3) is 1.52. The summed E-state index contributed by atoms with van der Waals surface area (Å²) in [5, 5.41) is 0. The van der Waals surface area contributed by atoms with Crippen molar-refractivity contribution in [2.45, 2.75) is 18.9 Å². The van der Waals surface area contributed by atoms with Crippen LogP contribution in [0.5, 0.6) is 5.75 Å². The standard InChI is InChI=1S/C10H12FNO/c11-9-3-1-2-7-6-8(4-5-12)13-10(7)9/h1-3,8H,4-6,12H2. The molecule has 1 atom stereocenters. The summed E-state index contributed by atoms with van der Waals surface area (Å²) in [7, 11) is 0. The number of halogens is 1. The average molecular weight is 181 g/mol. The molecule has 1 aliphatic heterocycles. The van der Waals surface area contributed by atoms with Crippen LogP contribution in [0, 0.1) is 5.82 Å². The van der Waals surface area contributed by atoms with Crippen molar-refractivity contribution in [3.05, 3.63) is 29.6 Å². The van der Waals surface area contributed by atoms with Crippen LogP contribution in [-0.4, -0.2) is 12.6 Å². The fourth-order valence-electron chi connectivity index (χ4n) is 1.65. The Morgan fingerprint density at radius 2 is 2.38 bits per heavy atom. The first-order valence-corrected chi connectivity index (χ1v) is 4.45. The largest absolute Gasteiger partial charge is 0.487 e. The van der Waals surface area contributed by atoms with Crippen molar-refractivity contribution in [2.24, 2.45) is 5.73 Å². The normalized spacial score (nSPS) is 19.7. The number of fused-ring (bicyclic) bond motifs is 1. The Balaban J connectivity index is 2.20. The number of rotatable bonds is 2. The summed E-state index contributed by atoms with van der Waals surface area (Å²) in [5.74, 6) is 0.151. The molecule has 0 amide bonds. The van der Waals surface area contributed by atoms with Crippen molar-refractivity contribution in [3.8, 4) is 5.75 Å². The molecule has 2 nitrogen and oxygen atoms in total. The average Bonchev–Trinajstić information content (AvgIpc) is 2.49. The molecule has 1 aromatic rings. The molecule has 0 bridgehead atoms. The van der Waals surface area contributed by atoms with Crippen LogP contribution in [-0.2, 0) is 6.42 Å². The molecule has 0 radical (unpaired) electrons. The number of para-hydroxylation sites is 1. The first-order chi connectivity index (χ1) is 6.31. The molecule has 1 heterocycles. The van der Waals surface area contributed by atoms with Gasteiger partial charge in [-0.1, -0.05) is 12.1 Å². The van der Waals surface area contributed by atoms with Gasteiger partial charge < -0.3 is 10.5 Å². The molecule has 3 heteroatoms. The highest BCUT2D eigenvalue weighted by molar-refractivity contribution is 5.38. The number of hydrogen-bond acceptors (Lipinski definition) is 2. The molecule has 0 fully saturated rings. The monoisotopic (exact) mass is 181 g/mol. The lowest BCUT2D eigenvalue weighted by Crippen LogP contribution is -2.17. The second kappa shape index (κ2) is 3.34. The highest BCUT2D eigenvalue weighted by atomic mass is 19.1. The van der Waals surface area contributed by atoms with Gasteiger partial charge in [-0.15, -0.1) is 0 Å². The van der Waals surface area contributed by atoms with E-state index in [1.165, 1.54) is 6.07 Å². The lowest BCUT2D eigenvalue weighted by molar-refractivity contribution is 0.216. The van der Waals surface area contributed by atoms with Gasteiger partial charge in [-0.3, -0.25) is 0 Å². The van der Waals surface area contributed by atoms with Crippen molar-refractivity contribution < 1.29 is 9.13 Å². The number of nitrogens with two attached hydrogens (primary N) is 1. The number of hydrogen-bond donors (Lipinski definition) is 1. The highest BCUT2D eigenvalue weighted by Crippen LogP contribution is 2.32. The summed E-state index contributed by atoms with van der Waals surface area (Å²) in [6, 6.07) is 5.03. The van der Waals surface area contributed by atoms with E-state index < -0.39 is 0 Å². The Kier molecular flexibility index (Phi) is 2.19. The van der Waals surface area contributed by atoms with Crippen LogP contribution in [0.1, 0.15) is 12.0 Å². The third-order valence-corrected chi connectivity index (χ3v) is 2.27. The van der Waals surface area contributed by atoms with Crippen LogP contribution < -0.4 is 10.5 Å². The lowest BCUT2D eigenvalue weighted by atomic mass is 10.1. The van der Waals surface area contributed by atoms with Crippen molar-refractivity contribution in [2.75, 3.05) is 6.54 Å². The number of ether oxygens (including phenoxy) is 1. The molecule has 1 unspecified atom stereocenters. The van der Waals surface area contributed by atoms with Crippen LogP contribution in [0.25, 0.3) is 0 Å². The topological polar surface area (TPSA) is 35.2 Å². The van der Waals surface area contributed by atoms with Gasteiger partial charge in [0.1, 0.15) is 6.10 Å². The summed E-state index contributed by atoms with van der Waals surface area (Å²) in [4.78, 5) is 0. The first kappa shape index (κ1) is 8.51. The molecule has 0 saturated carbocycles. The van der Waals surface area contributed by atoms with E-state index in [4.69, 9.17) is 10.5 Å². The second-order valence-corrected chi connectivity index (χ2v) is 3.25. The number of benzene rings is 1. The SMILES string of the molecule is NCCC1Cc2cccc(F)c2O1. The maximum atomic E-state index is 13.1. The maximum Gasteiger partial charge on any atom is 0.165 e. The quantitative estimate of drug-likeness (QED) is 0.750. The molecular weight excluding hydrogens is 169 g/mol. The summed E-state index contributed by atoms with van der Waals surface area (Å²) in [6.45, 7) is 0.584. The summed E-state index contributed by atoms with van der Waals surface area (Å²) >= 11 is 0. The lowest BCUT2D eigenvalue weighted by Gasteiger charge is -2.08. The molecule has 2 rings (SSSR count). The molecule has 70 valence electrons. The molecular formula is C10H12FNO. The molecule has 0 saturated heterocycles. The first-order valence-electron chi connectivity index (χ1n) is 4.45. The van der Waals surface area contributed by atoms with Gasteiger partial charge in [-0.25, -0.2) is 4.39 Å². The smallest absolute Gasteiger partial charge is 0.165 e. The van der Waals surface area contributed by atoms with Gasteiger partial charge >= 0.3 is 0 Å². The van der Waals surface area contributed by atoms with Crippen molar-refractivity contribution >= 4 is 0 Å². The van der Waals surface area contributed by atoms with E-state index in [-0.39, 0.29) is 11.9 Å². The van der Waals surface area contributed by atoms with E-state index in [1.807, 2.05) is 6.07 Å². The van der Waals surface area contributed by atoms with Crippen LogP contribution in [0.4, 0.5) is 4.39 Å². The predicted octanol–water partition coefficient (Wildman–Crippen LogP) is 1.48. The van der Waals surface area contributed by atoms with Crippen LogP contribution in [0.15, 0.2) is 18.2 Å². The van der Waals surface area contributed by atoms with E-state index in [9.17, 15) is 4.39 Å². The van der Waals surface area contributed by atoms with Crippen LogP contribution >= 0.6 is 0 Å². The molecule has 1 aromatic carbocycles. The minimum atomic E-state index is -0.267. The zero-order chi connectivity index (χ0) is 9.26. The van der Waals surface area contributed by atoms with Gasteiger partial charge in [0.05, 0.1) is 0 Å². The Morgan fingerprint density at radius 1 is 1.54 bits per heavy atom. The molecule has 0 aromatic heterocycles. The minimum absolute atomic E-state index is 0.0666. The molecule has 13 heavy (non-hydrogen) atoms. The molecule has 0 spiro atoms. The predicted molar refractivity (Wildman–Crippen MR) is 48.2 cm³/mol. The van der Waals surface area contributed by atoms with E-state index in [0.29, 0.717) is 12.3 Å². The van der Waals surface area contributed by atoms with E-state index in [1.54, 1.807) is 6.07 Å². The Bertz CT molecular complexity index is 314. The summed E-state index contributed by atoms with van der Waals surface area (Å²) in [5.41, 5.74) is 6.36. The maximum absolute atomic E-state index is 13.1. The van der Waals surface area contributed by atoms with Gasteiger partial charge in [-0.05, 0) is 19.0 Å². The van der Waals surface area contributed by atoms with E-state index >= 15 is 0 Å². The van der Waals surface area contributed by atoms with Crippen molar-refractivity contribution in [1.82, 2.24) is 0 Å². The van der Waals surface area contributed by atoms with Gasteiger partial charge in [-0.2, -0.15) is 0 Å². The van der Waals surface area contributed by atoms with Crippen LogP contribution in [0.2, 0.25) is 0 Å². The minimum Gasteiger partial charge on any atom is -0.487 e. The molecule has 1 aliphatic rings. The Morgan fingerprint density at radius 3 is 3.08 bits per heavy atom. The summed E-state index contributed by atoms with van der Waals surface area (Å²) < 4.78 is 18.6. The van der Waals surface area contributed by atoms with E-state index in [2.05, 4.69) is 0 Å². The Labute approximate surface area is 76.5 Å². The fourth-order valence-corrected chi connectivity index (χ4v) is 1.65. The van der Waals surface area contributed by atoms with Crippen molar-refractivity contribution in [3.63, 3.8) is 0 Å². The van der Waals surface area contributed by atoms with E-state index in [0.717, 1.165) is 18.4 Å². The van der Waals surface area contributed by atoms with Crippen molar-refractivity contribution in [1.29, 1.82) is 0 Å². The van der Waals surface area contributed by atoms with Crippen LogP contribution in [0.3, 0.4) is 0 Å². The highest BCUT2D eigenvalue weighted by Gasteiger charge is 2.24. The molecule has 0 aliphatic carbocycles. The zero-order valence-corrected chi connectivity index (χ0v) is 7.29.